The van der Waals surface area contributed by atoms with E-state index in [1.54, 1.807) is 25.7 Å². The fourth-order valence-electron chi connectivity index (χ4n) is 1.74. The molecule has 0 atom stereocenters. The van der Waals surface area contributed by atoms with Crippen LogP contribution in [-0.4, -0.2) is 29.6 Å². The lowest BCUT2D eigenvalue weighted by Gasteiger charge is -2.24. The van der Waals surface area contributed by atoms with Crippen molar-refractivity contribution in [1.82, 2.24) is 4.90 Å². The minimum atomic E-state index is -0.604. The molecule has 0 N–H and O–H groups in total. The van der Waals surface area contributed by atoms with Crippen molar-refractivity contribution in [1.29, 1.82) is 0 Å². The summed E-state index contributed by atoms with van der Waals surface area (Å²) in [6, 6.07) is 3.73. The Hall–Kier alpha value is -1.49. The fraction of sp³-hybridized carbons (Fsp3) is 0.533. The summed E-state index contributed by atoms with van der Waals surface area (Å²) in [6.07, 6.45) is 0. The van der Waals surface area contributed by atoms with Crippen LogP contribution in [0.2, 0.25) is 0 Å². The lowest BCUT2D eigenvalue weighted by molar-refractivity contribution is -0.156. The van der Waals surface area contributed by atoms with Gasteiger partial charge in [-0.3, -0.25) is 9.69 Å². The van der Waals surface area contributed by atoms with Crippen molar-refractivity contribution in [2.75, 3.05) is 13.1 Å². The number of ether oxygens (including phenoxy) is 1. The summed E-state index contributed by atoms with van der Waals surface area (Å²) in [5, 5.41) is 0. The lowest BCUT2D eigenvalue weighted by Crippen LogP contribution is -2.35. The number of hydrogen-bond acceptors (Lipinski definition) is 3. The van der Waals surface area contributed by atoms with Crippen LogP contribution >= 0.6 is 0 Å². The number of carbonyl (C=O) groups excluding carboxylic acids is 1. The molecule has 0 bridgehead atoms. The molecule has 1 aromatic carbocycles. The lowest BCUT2D eigenvalue weighted by atomic mass is 10.2. The molecule has 0 amide bonds. The number of hydrogen-bond donors (Lipinski definition) is 0. The number of rotatable bonds is 5. The summed E-state index contributed by atoms with van der Waals surface area (Å²) in [5.74, 6) is -1.61. The molecule has 20 heavy (non-hydrogen) atoms. The van der Waals surface area contributed by atoms with Gasteiger partial charge >= 0.3 is 5.97 Å². The van der Waals surface area contributed by atoms with E-state index in [1.165, 1.54) is 18.2 Å². The van der Waals surface area contributed by atoms with E-state index in [9.17, 15) is 13.6 Å². The van der Waals surface area contributed by atoms with Gasteiger partial charge < -0.3 is 4.74 Å². The molecular weight excluding hydrogens is 264 g/mol. The highest BCUT2D eigenvalue weighted by molar-refractivity contribution is 5.72. The van der Waals surface area contributed by atoms with Gasteiger partial charge in [-0.2, -0.15) is 0 Å². The summed E-state index contributed by atoms with van der Waals surface area (Å²) in [6.45, 7) is 7.68. The van der Waals surface area contributed by atoms with Crippen molar-refractivity contribution in [3.63, 3.8) is 0 Å². The minimum Gasteiger partial charge on any atom is -0.459 e. The van der Waals surface area contributed by atoms with Crippen LogP contribution in [0.4, 0.5) is 8.78 Å². The van der Waals surface area contributed by atoms with Crippen molar-refractivity contribution in [3.8, 4) is 0 Å². The molecule has 0 fully saturated rings. The maximum Gasteiger partial charge on any atom is 0.320 e. The molecule has 0 aliphatic heterocycles. The molecule has 1 rings (SSSR count). The average molecular weight is 285 g/mol. The second kappa shape index (κ2) is 6.79. The molecule has 0 saturated carbocycles. The summed E-state index contributed by atoms with van der Waals surface area (Å²) in [7, 11) is 0. The number of nitrogens with zero attached hydrogens (tertiary/aromatic N) is 1. The molecule has 0 aromatic heterocycles. The van der Waals surface area contributed by atoms with Crippen LogP contribution in [-0.2, 0) is 16.1 Å². The summed E-state index contributed by atoms with van der Waals surface area (Å²) < 4.78 is 32.3. The zero-order valence-corrected chi connectivity index (χ0v) is 12.4. The van der Waals surface area contributed by atoms with Gasteiger partial charge in [-0.15, -0.1) is 0 Å². The van der Waals surface area contributed by atoms with Crippen LogP contribution < -0.4 is 0 Å². The van der Waals surface area contributed by atoms with E-state index < -0.39 is 23.2 Å². The summed E-state index contributed by atoms with van der Waals surface area (Å²) >= 11 is 0. The van der Waals surface area contributed by atoms with Crippen LogP contribution in [0.5, 0.6) is 0 Å². The quantitative estimate of drug-likeness (QED) is 0.778. The molecule has 0 spiro atoms. The van der Waals surface area contributed by atoms with E-state index in [2.05, 4.69) is 0 Å². The van der Waals surface area contributed by atoms with Gasteiger partial charge in [0.25, 0.3) is 0 Å². The topological polar surface area (TPSA) is 29.5 Å². The maximum absolute atomic E-state index is 13.6. The molecule has 1 aromatic rings. The van der Waals surface area contributed by atoms with Gasteiger partial charge in [-0.25, -0.2) is 8.78 Å². The second-order valence-corrected chi connectivity index (χ2v) is 5.59. The predicted molar refractivity (Wildman–Crippen MR) is 73.2 cm³/mol. The molecule has 0 saturated heterocycles. The standard InChI is InChI=1S/C15H21F2NO2/c1-5-18(10-14(19)20-15(2,3)4)9-11-12(16)7-6-8-13(11)17/h6-8H,5,9-10H2,1-4H3. The van der Waals surface area contributed by atoms with Crippen LogP contribution in [0.1, 0.15) is 33.3 Å². The van der Waals surface area contributed by atoms with E-state index in [0.29, 0.717) is 6.54 Å². The second-order valence-electron chi connectivity index (χ2n) is 5.59. The van der Waals surface area contributed by atoms with Crippen molar-refractivity contribution in [2.24, 2.45) is 0 Å². The zero-order chi connectivity index (χ0) is 15.3. The predicted octanol–water partition coefficient (Wildman–Crippen LogP) is 3.13. The van der Waals surface area contributed by atoms with Gasteiger partial charge in [0.2, 0.25) is 0 Å². The Morgan fingerprint density at radius 1 is 1.25 bits per heavy atom. The molecule has 5 heteroatoms. The molecule has 0 radical (unpaired) electrons. The first-order chi connectivity index (χ1) is 9.23. The summed E-state index contributed by atoms with van der Waals surface area (Å²) in [4.78, 5) is 13.4. The Kier molecular flexibility index (Phi) is 5.62. The van der Waals surface area contributed by atoms with Gasteiger partial charge in [-0.1, -0.05) is 13.0 Å². The Labute approximate surface area is 118 Å². The molecule has 3 nitrogen and oxygen atoms in total. The van der Waals surface area contributed by atoms with Gasteiger partial charge in [0.15, 0.2) is 0 Å². The van der Waals surface area contributed by atoms with Gasteiger partial charge in [0, 0.05) is 12.1 Å². The third-order valence-corrected chi connectivity index (χ3v) is 2.66. The van der Waals surface area contributed by atoms with Crippen LogP contribution in [0.3, 0.4) is 0 Å². The average Bonchev–Trinajstić information content (AvgIpc) is 2.30. The molecule has 0 aliphatic rings. The van der Waals surface area contributed by atoms with Crippen LogP contribution in [0, 0.1) is 11.6 Å². The number of esters is 1. The van der Waals surface area contributed by atoms with Crippen LogP contribution in [0.25, 0.3) is 0 Å². The minimum absolute atomic E-state index is 0.00153. The largest absolute Gasteiger partial charge is 0.459 e. The van der Waals surface area contributed by atoms with E-state index in [4.69, 9.17) is 4.74 Å². The fourth-order valence-corrected chi connectivity index (χ4v) is 1.74. The molecule has 0 unspecified atom stereocenters. The smallest absolute Gasteiger partial charge is 0.320 e. The van der Waals surface area contributed by atoms with Gasteiger partial charge in [-0.05, 0) is 39.4 Å². The number of halogens is 2. The highest BCUT2D eigenvalue weighted by Gasteiger charge is 2.20. The third kappa shape index (κ3) is 5.25. The van der Waals surface area contributed by atoms with E-state index in [1.807, 2.05) is 6.92 Å². The Bertz CT molecular complexity index is 449. The molecule has 0 heterocycles. The van der Waals surface area contributed by atoms with E-state index in [0.717, 1.165) is 0 Å². The molecular formula is C15H21F2NO2. The zero-order valence-electron chi connectivity index (χ0n) is 12.4. The first-order valence-electron chi connectivity index (χ1n) is 6.60. The first kappa shape index (κ1) is 16.6. The highest BCUT2D eigenvalue weighted by atomic mass is 19.1. The monoisotopic (exact) mass is 285 g/mol. The van der Waals surface area contributed by atoms with Crippen molar-refractivity contribution >= 4 is 5.97 Å². The third-order valence-electron chi connectivity index (χ3n) is 2.66. The van der Waals surface area contributed by atoms with Crippen LogP contribution in [0.15, 0.2) is 18.2 Å². The normalized spacial score (nSPS) is 11.8. The number of benzene rings is 1. The summed E-state index contributed by atoms with van der Waals surface area (Å²) in [5.41, 5.74) is -0.599. The Balaban J connectivity index is 2.71. The molecule has 112 valence electrons. The Morgan fingerprint density at radius 2 is 1.80 bits per heavy atom. The van der Waals surface area contributed by atoms with Crippen molar-refractivity contribution in [3.05, 3.63) is 35.4 Å². The SMILES string of the molecule is CCN(CC(=O)OC(C)(C)C)Cc1c(F)cccc1F. The highest BCUT2D eigenvalue weighted by Crippen LogP contribution is 2.15. The number of carbonyl (C=O) groups is 1. The number of likely N-dealkylation sites (N-methyl/N-ethyl adjacent to an activating group) is 1. The van der Waals surface area contributed by atoms with E-state index >= 15 is 0 Å². The van der Waals surface area contributed by atoms with Crippen molar-refractivity contribution in [2.45, 2.75) is 39.8 Å². The van der Waals surface area contributed by atoms with Gasteiger partial charge in [0.05, 0.1) is 6.54 Å². The Morgan fingerprint density at radius 3 is 2.25 bits per heavy atom. The molecule has 0 aliphatic carbocycles. The van der Waals surface area contributed by atoms with E-state index in [-0.39, 0.29) is 18.7 Å². The first-order valence-corrected chi connectivity index (χ1v) is 6.60. The van der Waals surface area contributed by atoms with Gasteiger partial charge in [0.1, 0.15) is 17.2 Å². The maximum atomic E-state index is 13.6. The van der Waals surface area contributed by atoms with Crippen molar-refractivity contribution < 1.29 is 18.3 Å².